The summed E-state index contributed by atoms with van der Waals surface area (Å²) in [4.78, 5) is 15.2. The lowest BCUT2D eigenvalue weighted by Crippen LogP contribution is -2.05. The van der Waals surface area contributed by atoms with Crippen LogP contribution in [0.4, 0.5) is 10.8 Å². The molecule has 0 spiro atoms. The van der Waals surface area contributed by atoms with Crippen molar-refractivity contribution in [2.24, 2.45) is 5.73 Å². The first-order chi connectivity index (χ1) is 11.0. The van der Waals surface area contributed by atoms with E-state index >= 15 is 0 Å². The zero-order valence-corrected chi connectivity index (χ0v) is 14.6. The molecule has 126 valence electrons. The Balaban J connectivity index is 0.000000868. The fourth-order valence-electron chi connectivity index (χ4n) is 1.59. The van der Waals surface area contributed by atoms with Gasteiger partial charge in [0.05, 0.1) is 12.0 Å². The van der Waals surface area contributed by atoms with Crippen LogP contribution in [-0.4, -0.2) is 17.2 Å². The van der Waals surface area contributed by atoms with Gasteiger partial charge < -0.3 is 16.8 Å². The number of nitrogens with zero attached hydrogens (tertiary/aromatic N) is 1. The van der Waals surface area contributed by atoms with Crippen LogP contribution in [0.25, 0.3) is 0 Å². The zero-order chi connectivity index (χ0) is 17.7. The summed E-state index contributed by atoms with van der Waals surface area (Å²) in [5, 5.41) is 11.2. The van der Waals surface area contributed by atoms with Gasteiger partial charge >= 0.3 is 0 Å². The summed E-state index contributed by atoms with van der Waals surface area (Å²) in [5.41, 5.74) is 13.0. The van der Waals surface area contributed by atoms with Crippen LogP contribution in [0.15, 0.2) is 29.6 Å². The molecule has 0 aliphatic heterocycles. The number of aryl methyl sites for hydroxylation is 2. The molecule has 0 saturated carbocycles. The van der Waals surface area contributed by atoms with E-state index in [0.29, 0.717) is 5.13 Å². The van der Waals surface area contributed by atoms with E-state index in [0.717, 1.165) is 30.6 Å². The Bertz CT molecular complexity index is 580. The largest absolute Gasteiger partial charge is 0.399 e. The van der Waals surface area contributed by atoms with Crippen LogP contribution < -0.4 is 16.8 Å². The second kappa shape index (κ2) is 12.2. The van der Waals surface area contributed by atoms with Crippen LogP contribution in [-0.2, 0) is 17.6 Å². The van der Waals surface area contributed by atoms with Crippen molar-refractivity contribution in [2.75, 3.05) is 11.1 Å². The van der Waals surface area contributed by atoms with E-state index in [1.807, 2.05) is 43.5 Å². The number of nitrogens with one attached hydrogen (secondary N) is 2. The SMILES string of the molecule is CC.CC(=O)Nc1nc(CCc2ccc(N)cc2)cs1.N=CN. The number of benzene rings is 1. The fourth-order valence-corrected chi connectivity index (χ4v) is 2.38. The van der Waals surface area contributed by atoms with Gasteiger partial charge in [-0.05, 0) is 30.5 Å². The third kappa shape index (κ3) is 9.26. The van der Waals surface area contributed by atoms with Crippen LogP contribution in [0.3, 0.4) is 0 Å². The number of nitrogens with two attached hydrogens (primary N) is 2. The van der Waals surface area contributed by atoms with E-state index in [2.05, 4.69) is 16.0 Å². The maximum Gasteiger partial charge on any atom is 0.223 e. The summed E-state index contributed by atoms with van der Waals surface area (Å²) in [6.07, 6.45) is 2.53. The first-order valence-corrected chi connectivity index (χ1v) is 8.20. The zero-order valence-electron chi connectivity index (χ0n) is 13.8. The highest BCUT2D eigenvalue weighted by molar-refractivity contribution is 7.13. The molecule has 0 aliphatic rings. The first-order valence-electron chi connectivity index (χ1n) is 7.32. The summed E-state index contributed by atoms with van der Waals surface area (Å²) in [7, 11) is 0. The highest BCUT2D eigenvalue weighted by Crippen LogP contribution is 2.17. The number of aromatic nitrogens is 1. The minimum atomic E-state index is -0.0885. The third-order valence-corrected chi connectivity index (χ3v) is 3.29. The lowest BCUT2D eigenvalue weighted by Gasteiger charge is -2.00. The summed E-state index contributed by atoms with van der Waals surface area (Å²) >= 11 is 1.45. The molecule has 1 aromatic carbocycles. The Kier molecular flexibility index (Phi) is 10.9. The van der Waals surface area contributed by atoms with E-state index in [4.69, 9.17) is 11.1 Å². The van der Waals surface area contributed by atoms with Crippen molar-refractivity contribution in [1.29, 1.82) is 5.41 Å². The molecule has 6 N–H and O–H groups in total. The Morgan fingerprint density at radius 1 is 1.30 bits per heavy atom. The quantitative estimate of drug-likeness (QED) is 0.390. The van der Waals surface area contributed by atoms with Crippen LogP contribution >= 0.6 is 11.3 Å². The minimum Gasteiger partial charge on any atom is -0.399 e. The van der Waals surface area contributed by atoms with E-state index in [1.54, 1.807) is 0 Å². The van der Waals surface area contributed by atoms with Gasteiger partial charge in [0.1, 0.15) is 0 Å². The highest BCUT2D eigenvalue weighted by atomic mass is 32.1. The second-order valence-electron chi connectivity index (χ2n) is 4.23. The van der Waals surface area contributed by atoms with Crippen LogP contribution in [0, 0.1) is 5.41 Å². The van der Waals surface area contributed by atoms with Gasteiger partial charge in [0.25, 0.3) is 0 Å². The van der Waals surface area contributed by atoms with Crippen molar-refractivity contribution < 1.29 is 4.79 Å². The Morgan fingerprint density at radius 2 is 1.87 bits per heavy atom. The molecule has 23 heavy (non-hydrogen) atoms. The molecule has 2 aromatic rings. The molecule has 0 fully saturated rings. The van der Waals surface area contributed by atoms with Gasteiger partial charge in [-0.25, -0.2) is 4.98 Å². The van der Waals surface area contributed by atoms with Crippen LogP contribution in [0.5, 0.6) is 0 Å². The molecule has 0 saturated heterocycles. The molecular formula is C16H25N5OS. The van der Waals surface area contributed by atoms with Crippen molar-refractivity contribution in [1.82, 2.24) is 4.98 Å². The molecule has 2 rings (SSSR count). The number of anilines is 2. The number of carbonyl (C=O) groups is 1. The Hall–Kier alpha value is -2.41. The molecule has 0 bridgehead atoms. The Morgan fingerprint density at radius 3 is 2.39 bits per heavy atom. The van der Waals surface area contributed by atoms with Crippen molar-refractivity contribution >= 4 is 34.4 Å². The number of thiazole rings is 1. The molecule has 0 aliphatic carbocycles. The van der Waals surface area contributed by atoms with Gasteiger partial charge in [0.15, 0.2) is 5.13 Å². The van der Waals surface area contributed by atoms with Crippen molar-refractivity contribution in [3.63, 3.8) is 0 Å². The summed E-state index contributed by atoms with van der Waals surface area (Å²) in [6, 6.07) is 7.85. The van der Waals surface area contributed by atoms with Gasteiger partial charge in [-0.2, -0.15) is 0 Å². The fraction of sp³-hybridized carbons (Fsp3) is 0.312. The maximum atomic E-state index is 10.9. The monoisotopic (exact) mass is 335 g/mol. The van der Waals surface area contributed by atoms with Crippen molar-refractivity contribution in [3.8, 4) is 0 Å². The smallest absolute Gasteiger partial charge is 0.223 e. The number of nitrogen functional groups attached to an aromatic ring is 1. The maximum absolute atomic E-state index is 10.9. The third-order valence-electron chi connectivity index (χ3n) is 2.48. The topological polar surface area (TPSA) is 118 Å². The van der Waals surface area contributed by atoms with Gasteiger partial charge in [-0.1, -0.05) is 26.0 Å². The number of hydrogen-bond donors (Lipinski definition) is 4. The van der Waals surface area contributed by atoms with Crippen molar-refractivity contribution in [3.05, 3.63) is 40.9 Å². The molecule has 6 nitrogen and oxygen atoms in total. The number of amides is 1. The van der Waals surface area contributed by atoms with E-state index < -0.39 is 0 Å². The van der Waals surface area contributed by atoms with E-state index in [1.165, 1.54) is 23.8 Å². The molecule has 0 unspecified atom stereocenters. The molecule has 1 heterocycles. The number of carbonyl (C=O) groups excluding carboxylic acids is 1. The van der Waals surface area contributed by atoms with Crippen LogP contribution in [0.2, 0.25) is 0 Å². The van der Waals surface area contributed by atoms with Gasteiger partial charge in [0, 0.05) is 18.0 Å². The molecule has 1 amide bonds. The Labute approximate surface area is 141 Å². The number of hydrogen-bond acceptors (Lipinski definition) is 5. The summed E-state index contributed by atoms with van der Waals surface area (Å²) in [5.74, 6) is -0.0885. The molecule has 1 aromatic heterocycles. The van der Waals surface area contributed by atoms with Crippen molar-refractivity contribution in [2.45, 2.75) is 33.6 Å². The average Bonchev–Trinajstić information content (AvgIpc) is 2.96. The number of rotatable bonds is 4. The summed E-state index contributed by atoms with van der Waals surface area (Å²) in [6.45, 7) is 5.48. The lowest BCUT2D eigenvalue weighted by atomic mass is 10.1. The summed E-state index contributed by atoms with van der Waals surface area (Å²) < 4.78 is 0. The molecule has 0 atom stereocenters. The van der Waals surface area contributed by atoms with Gasteiger partial charge in [0.2, 0.25) is 5.91 Å². The molecular weight excluding hydrogens is 310 g/mol. The minimum absolute atomic E-state index is 0.0885. The van der Waals surface area contributed by atoms with Gasteiger partial charge in [-0.3, -0.25) is 10.2 Å². The normalized spacial score (nSPS) is 8.83. The predicted octanol–water partition coefficient (Wildman–Crippen LogP) is 3.05. The lowest BCUT2D eigenvalue weighted by molar-refractivity contribution is -0.114. The highest BCUT2D eigenvalue weighted by Gasteiger charge is 2.03. The standard InChI is InChI=1S/C13H15N3OS.C2H6.CH4N2/c1-9(17)15-13-16-12(8-18-13)7-4-10-2-5-11(14)6-3-10;1-2;2-1-3/h2-3,5-6,8H,4,7,14H2,1H3,(H,15,16,17);1-2H3;1H,(H3,2,3). The average molecular weight is 335 g/mol. The van der Waals surface area contributed by atoms with E-state index in [9.17, 15) is 4.79 Å². The van der Waals surface area contributed by atoms with E-state index in [-0.39, 0.29) is 5.91 Å². The molecule has 0 radical (unpaired) electrons. The van der Waals surface area contributed by atoms with Gasteiger partial charge in [-0.15, -0.1) is 11.3 Å². The molecule has 7 heteroatoms. The van der Waals surface area contributed by atoms with Crippen LogP contribution in [0.1, 0.15) is 32.0 Å². The predicted molar refractivity (Wildman–Crippen MR) is 99.0 cm³/mol. The first kappa shape index (κ1) is 20.6. The second-order valence-corrected chi connectivity index (χ2v) is 5.09.